The average molecular weight is 571 g/mol. The molecule has 41 heavy (non-hydrogen) atoms. The van der Waals surface area contributed by atoms with E-state index in [-0.39, 0.29) is 34.2 Å². The van der Waals surface area contributed by atoms with E-state index in [1.54, 1.807) is 0 Å². The smallest absolute Gasteiger partial charge is 0.0838 e. The van der Waals surface area contributed by atoms with Crippen molar-refractivity contribution in [2.75, 3.05) is 0 Å². The molecule has 5 rings (SSSR count). The quantitative estimate of drug-likeness (QED) is 0.280. The van der Waals surface area contributed by atoms with Gasteiger partial charge in [0.25, 0.3) is 0 Å². The Labute approximate surface area is 253 Å². The van der Waals surface area contributed by atoms with Crippen molar-refractivity contribution in [1.29, 1.82) is 0 Å². The van der Waals surface area contributed by atoms with Crippen molar-refractivity contribution in [2.24, 2.45) is 69.5 Å². The van der Waals surface area contributed by atoms with Crippen LogP contribution in [0, 0.1) is 69.5 Å². The number of allylic oxidation sites excluding steroid dienone is 1. The van der Waals surface area contributed by atoms with E-state index in [4.69, 9.17) is 0 Å². The van der Waals surface area contributed by atoms with Crippen LogP contribution in [-0.2, 0) is 0 Å². The Bertz CT molecular complexity index is 971. The predicted octanol–water partition coefficient (Wildman–Crippen LogP) is 8.80. The molecule has 5 aliphatic rings. The zero-order valence-corrected chi connectivity index (χ0v) is 28.3. The number of aliphatic hydroxyl groups excluding tert-OH is 3. The Balaban J connectivity index is 1.38. The van der Waals surface area contributed by atoms with Gasteiger partial charge in [0.2, 0.25) is 0 Å². The third kappa shape index (κ3) is 5.03. The van der Waals surface area contributed by atoms with Crippen molar-refractivity contribution in [1.82, 2.24) is 0 Å². The first-order chi connectivity index (χ1) is 19.2. The van der Waals surface area contributed by atoms with Crippen molar-refractivity contribution < 1.29 is 15.3 Å². The molecule has 0 aromatic heterocycles. The standard InChI is InChI=1S/C38H66O3/c1-10-27-13-11-14-28(24(27)4)15-12-16-29-18-17-22(2)32-30(29)20-36(7)21-37(8)19-23(3)31(26(6)39)35(41)38(37,9)25(5)33(36)34(32)40/h22,24-30,32-35,39-41H,10-21H2,1-9H3. The molecule has 4 fully saturated rings. The van der Waals surface area contributed by atoms with Gasteiger partial charge in [0.1, 0.15) is 0 Å². The maximum atomic E-state index is 12.4. The fraction of sp³-hybridized carbons (Fsp3) is 0.947. The largest absolute Gasteiger partial charge is 0.392 e. The van der Waals surface area contributed by atoms with Crippen LogP contribution in [0.1, 0.15) is 139 Å². The maximum Gasteiger partial charge on any atom is 0.0838 e. The normalized spacial score (nSPS) is 52.8. The molecule has 0 aliphatic heterocycles. The van der Waals surface area contributed by atoms with Crippen LogP contribution in [0.5, 0.6) is 0 Å². The molecule has 0 heterocycles. The number of fused-ring (bicyclic) bond motifs is 3. The number of rotatable bonds is 6. The lowest BCUT2D eigenvalue weighted by atomic mass is 9.35. The Morgan fingerprint density at radius 1 is 0.927 bits per heavy atom. The fourth-order valence-electron chi connectivity index (χ4n) is 13.1. The molecule has 0 aromatic rings. The summed E-state index contributed by atoms with van der Waals surface area (Å²) in [6, 6.07) is 0. The van der Waals surface area contributed by atoms with Gasteiger partial charge in [0.15, 0.2) is 0 Å². The summed E-state index contributed by atoms with van der Waals surface area (Å²) in [5.41, 5.74) is 1.70. The van der Waals surface area contributed by atoms with Crippen LogP contribution in [0.4, 0.5) is 0 Å². The third-order valence-corrected chi connectivity index (χ3v) is 15.4. The second kappa shape index (κ2) is 11.5. The van der Waals surface area contributed by atoms with E-state index in [0.717, 1.165) is 42.1 Å². The van der Waals surface area contributed by atoms with Crippen molar-refractivity contribution in [3.63, 3.8) is 0 Å². The first kappa shape index (κ1) is 32.0. The summed E-state index contributed by atoms with van der Waals surface area (Å²) < 4.78 is 0. The van der Waals surface area contributed by atoms with Crippen molar-refractivity contribution in [3.8, 4) is 0 Å². The molecular formula is C38H66O3. The molecule has 0 amide bonds. The molecule has 0 bridgehead atoms. The van der Waals surface area contributed by atoms with Crippen LogP contribution in [0.25, 0.3) is 0 Å². The van der Waals surface area contributed by atoms with Crippen LogP contribution in [0.15, 0.2) is 11.1 Å². The lowest BCUT2D eigenvalue weighted by molar-refractivity contribution is -0.246. The Morgan fingerprint density at radius 2 is 1.59 bits per heavy atom. The highest BCUT2D eigenvalue weighted by Gasteiger charge is 2.69. The minimum Gasteiger partial charge on any atom is -0.392 e. The number of hydrogen-bond donors (Lipinski definition) is 3. The molecule has 3 nitrogen and oxygen atoms in total. The van der Waals surface area contributed by atoms with E-state index < -0.39 is 12.2 Å². The topological polar surface area (TPSA) is 60.7 Å². The second-order valence-electron chi connectivity index (χ2n) is 17.4. The molecule has 3 heteroatoms. The van der Waals surface area contributed by atoms with Crippen molar-refractivity contribution in [2.45, 2.75) is 158 Å². The van der Waals surface area contributed by atoms with E-state index >= 15 is 0 Å². The van der Waals surface area contributed by atoms with Gasteiger partial charge in [-0.1, -0.05) is 105 Å². The first-order valence-electron chi connectivity index (χ1n) is 17.9. The highest BCUT2D eigenvalue weighted by atomic mass is 16.3. The summed E-state index contributed by atoms with van der Waals surface area (Å²) in [4.78, 5) is 0. The molecule has 236 valence electrons. The van der Waals surface area contributed by atoms with E-state index in [1.165, 1.54) is 69.8 Å². The van der Waals surface area contributed by atoms with Crippen LogP contribution >= 0.6 is 0 Å². The Morgan fingerprint density at radius 3 is 2.24 bits per heavy atom. The summed E-state index contributed by atoms with van der Waals surface area (Å²) in [7, 11) is 0. The van der Waals surface area contributed by atoms with Gasteiger partial charge < -0.3 is 15.3 Å². The monoisotopic (exact) mass is 571 g/mol. The maximum absolute atomic E-state index is 12.4. The molecule has 0 aromatic carbocycles. The van der Waals surface area contributed by atoms with Crippen molar-refractivity contribution in [3.05, 3.63) is 11.1 Å². The summed E-state index contributed by atoms with van der Waals surface area (Å²) >= 11 is 0. The van der Waals surface area contributed by atoms with E-state index in [2.05, 4.69) is 55.4 Å². The minimum atomic E-state index is -0.656. The number of aliphatic hydroxyl groups is 3. The van der Waals surface area contributed by atoms with Gasteiger partial charge in [0.05, 0.1) is 18.3 Å². The molecule has 15 atom stereocenters. The molecule has 0 spiro atoms. The second-order valence-corrected chi connectivity index (χ2v) is 17.4. The SMILES string of the molecule is CCC1CCCC(CCCC2CCC(C)C3C(O)C4C(C)C5(C)C(O)C(C(C)O)=C(C)CC5(C)CC4(C)CC23)C1C. The van der Waals surface area contributed by atoms with Crippen LogP contribution < -0.4 is 0 Å². The molecule has 15 unspecified atom stereocenters. The Hall–Kier alpha value is -0.380. The Kier molecular flexibility index (Phi) is 9.00. The van der Waals surface area contributed by atoms with Gasteiger partial charge in [-0.3, -0.25) is 0 Å². The number of hydrogen-bond acceptors (Lipinski definition) is 3. The molecule has 4 saturated carbocycles. The van der Waals surface area contributed by atoms with Gasteiger partial charge in [-0.05, 0) is 109 Å². The molecule has 5 aliphatic carbocycles. The summed E-state index contributed by atoms with van der Waals surface area (Å²) in [5, 5.41) is 35.0. The van der Waals surface area contributed by atoms with Gasteiger partial charge in [-0.15, -0.1) is 0 Å². The van der Waals surface area contributed by atoms with Crippen LogP contribution in [0.2, 0.25) is 0 Å². The first-order valence-corrected chi connectivity index (χ1v) is 17.9. The highest BCUT2D eigenvalue weighted by molar-refractivity contribution is 5.33. The van der Waals surface area contributed by atoms with Gasteiger partial charge in [-0.2, -0.15) is 0 Å². The summed E-state index contributed by atoms with van der Waals surface area (Å²) in [5.74, 6) is 5.46. The van der Waals surface area contributed by atoms with Gasteiger partial charge in [0, 0.05) is 5.41 Å². The zero-order chi connectivity index (χ0) is 30.1. The lowest BCUT2D eigenvalue weighted by Crippen LogP contribution is -2.68. The highest BCUT2D eigenvalue weighted by Crippen LogP contribution is 2.72. The molecule has 0 saturated heterocycles. The summed E-state index contributed by atoms with van der Waals surface area (Å²) in [6.07, 6.45) is 14.1. The van der Waals surface area contributed by atoms with E-state index in [0.29, 0.717) is 17.8 Å². The zero-order valence-electron chi connectivity index (χ0n) is 28.3. The van der Waals surface area contributed by atoms with Crippen molar-refractivity contribution >= 4 is 0 Å². The lowest BCUT2D eigenvalue weighted by Gasteiger charge is -2.70. The predicted molar refractivity (Wildman–Crippen MR) is 170 cm³/mol. The average Bonchev–Trinajstić information content (AvgIpc) is 2.88. The fourth-order valence-corrected chi connectivity index (χ4v) is 13.1. The molecule has 0 radical (unpaired) electrons. The third-order valence-electron chi connectivity index (χ3n) is 15.4. The van der Waals surface area contributed by atoms with Crippen LogP contribution in [0.3, 0.4) is 0 Å². The van der Waals surface area contributed by atoms with Crippen LogP contribution in [-0.4, -0.2) is 33.6 Å². The molecular weight excluding hydrogens is 504 g/mol. The van der Waals surface area contributed by atoms with Gasteiger partial charge in [-0.25, -0.2) is 0 Å². The summed E-state index contributed by atoms with van der Waals surface area (Å²) in [6.45, 7) is 20.9. The minimum absolute atomic E-state index is 0.0468. The molecule has 3 N–H and O–H groups in total. The van der Waals surface area contributed by atoms with E-state index in [9.17, 15) is 15.3 Å². The van der Waals surface area contributed by atoms with E-state index in [1.807, 2.05) is 6.92 Å². The van der Waals surface area contributed by atoms with Gasteiger partial charge >= 0.3 is 0 Å².